The van der Waals surface area contributed by atoms with Crippen molar-refractivity contribution in [1.29, 1.82) is 0 Å². The van der Waals surface area contributed by atoms with Crippen LogP contribution in [-0.4, -0.2) is 17.6 Å². The van der Waals surface area contributed by atoms with Crippen molar-refractivity contribution in [2.24, 2.45) is 0 Å². The minimum Gasteiger partial charge on any atom is -0.466 e. The van der Waals surface area contributed by atoms with E-state index in [-0.39, 0.29) is 6.54 Å². The zero-order valence-electron chi connectivity index (χ0n) is 10.7. The van der Waals surface area contributed by atoms with E-state index in [1.54, 1.807) is 12.1 Å². The van der Waals surface area contributed by atoms with Crippen molar-refractivity contribution in [2.75, 3.05) is 6.54 Å². The number of aliphatic hydroxyl groups is 1. The van der Waals surface area contributed by atoms with Crippen molar-refractivity contribution < 1.29 is 18.7 Å². The predicted octanol–water partition coefficient (Wildman–Crippen LogP) is 2.82. The molecule has 1 heterocycles. The summed E-state index contributed by atoms with van der Waals surface area (Å²) < 4.78 is 18.4. The first kappa shape index (κ1) is 14.7. The van der Waals surface area contributed by atoms with Crippen LogP contribution >= 0.6 is 15.9 Å². The molecule has 2 rings (SSSR count). The summed E-state index contributed by atoms with van der Waals surface area (Å²) in [6.45, 7) is 1.51. The summed E-state index contributed by atoms with van der Waals surface area (Å²) >= 11 is 3.13. The number of benzene rings is 1. The van der Waals surface area contributed by atoms with Gasteiger partial charge in [0.25, 0.3) is 5.91 Å². The fraction of sp³-hybridized carbons (Fsp3) is 0.214. The van der Waals surface area contributed by atoms with Crippen LogP contribution in [0.25, 0.3) is 0 Å². The van der Waals surface area contributed by atoms with Gasteiger partial charge in [-0.05, 0) is 53.2 Å². The Kier molecular flexibility index (Phi) is 4.25. The fourth-order valence-electron chi connectivity index (χ4n) is 1.69. The van der Waals surface area contributed by atoms with Gasteiger partial charge >= 0.3 is 0 Å². The number of carbonyl (C=O) groups is 1. The van der Waals surface area contributed by atoms with Crippen LogP contribution in [0.15, 0.2) is 45.5 Å². The lowest BCUT2D eigenvalue weighted by Gasteiger charge is -2.21. The topological polar surface area (TPSA) is 62.5 Å². The van der Waals surface area contributed by atoms with E-state index in [0.29, 0.717) is 15.8 Å². The Bertz CT molecular complexity index is 611. The van der Waals surface area contributed by atoms with Crippen molar-refractivity contribution in [3.63, 3.8) is 0 Å². The molecule has 0 aliphatic rings. The fourth-order valence-corrected chi connectivity index (χ4v) is 2.22. The van der Waals surface area contributed by atoms with E-state index in [1.807, 2.05) is 0 Å². The van der Waals surface area contributed by atoms with Crippen LogP contribution in [0, 0.1) is 5.82 Å². The molecular formula is C14H13BrFNO3. The molecule has 0 spiro atoms. The minimum atomic E-state index is -1.31. The summed E-state index contributed by atoms with van der Waals surface area (Å²) in [7, 11) is 0. The highest BCUT2D eigenvalue weighted by atomic mass is 79.9. The SMILES string of the molecule is CC(O)(CNC(=O)c1ccc(F)cc1Br)c1ccco1. The number of hydrogen-bond acceptors (Lipinski definition) is 3. The van der Waals surface area contributed by atoms with Gasteiger partial charge in [0.2, 0.25) is 0 Å². The number of carbonyl (C=O) groups excluding carboxylic acids is 1. The van der Waals surface area contributed by atoms with Crippen LogP contribution < -0.4 is 5.32 Å². The van der Waals surface area contributed by atoms with Gasteiger partial charge in [0, 0.05) is 4.47 Å². The summed E-state index contributed by atoms with van der Waals surface area (Å²) in [5.41, 5.74) is -1.02. The number of hydrogen-bond donors (Lipinski definition) is 2. The molecule has 20 heavy (non-hydrogen) atoms. The molecule has 2 aromatic rings. The van der Waals surface area contributed by atoms with Crippen LogP contribution in [0.5, 0.6) is 0 Å². The Hall–Kier alpha value is -1.66. The van der Waals surface area contributed by atoms with Crippen molar-refractivity contribution >= 4 is 21.8 Å². The van der Waals surface area contributed by atoms with Crippen molar-refractivity contribution in [3.8, 4) is 0 Å². The van der Waals surface area contributed by atoms with Gasteiger partial charge in [-0.2, -0.15) is 0 Å². The Balaban J connectivity index is 2.05. The summed E-state index contributed by atoms with van der Waals surface area (Å²) in [4.78, 5) is 12.0. The predicted molar refractivity (Wildman–Crippen MR) is 74.7 cm³/mol. The third-order valence-electron chi connectivity index (χ3n) is 2.82. The van der Waals surface area contributed by atoms with Crippen molar-refractivity contribution in [1.82, 2.24) is 5.32 Å². The molecule has 1 aromatic carbocycles. The maximum Gasteiger partial charge on any atom is 0.252 e. The molecule has 4 nitrogen and oxygen atoms in total. The van der Waals surface area contributed by atoms with Crippen LogP contribution in [0.4, 0.5) is 4.39 Å². The summed E-state index contributed by atoms with van der Waals surface area (Å²) in [6, 6.07) is 7.06. The average Bonchev–Trinajstić information content (AvgIpc) is 2.90. The van der Waals surface area contributed by atoms with Crippen LogP contribution in [-0.2, 0) is 5.60 Å². The standard InChI is InChI=1S/C14H13BrFNO3/c1-14(19,12-3-2-6-20-12)8-17-13(18)10-5-4-9(16)7-11(10)15/h2-7,19H,8H2,1H3,(H,17,18). The number of amides is 1. The Morgan fingerprint density at radius 3 is 2.85 bits per heavy atom. The van der Waals surface area contributed by atoms with Crippen molar-refractivity contribution in [3.05, 3.63) is 58.2 Å². The van der Waals surface area contributed by atoms with Gasteiger partial charge in [-0.15, -0.1) is 0 Å². The molecule has 0 bridgehead atoms. The van der Waals surface area contributed by atoms with E-state index in [0.717, 1.165) is 0 Å². The molecule has 2 N–H and O–H groups in total. The second-order valence-corrected chi connectivity index (χ2v) is 5.41. The van der Waals surface area contributed by atoms with Gasteiger partial charge in [-0.1, -0.05) is 0 Å². The molecule has 0 saturated carbocycles. The van der Waals surface area contributed by atoms with Gasteiger partial charge in [-0.25, -0.2) is 4.39 Å². The highest BCUT2D eigenvalue weighted by Gasteiger charge is 2.27. The molecule has 1 amide bonds. The van der Waals surface area contributed by atoms with E-state index >= 15 is 0 Å². The third-order valence-corrected chi connectivity index (χ3v) is 3.48. The Labute approximate surface area is 123 Å². The molecule has 1 atom stereocenters. The maximum atomic E-state index is 13.0. The normalized spacial score (nSPS) is 13.8. The molecule has 0 saturated heterocycles. The first-order valence-corrected chi connectivity index (χ1v) is 6.69. The van der Waals surface area contributed by atoms with Gasteiger partial charge < -0.3 is 14.8 Å². The second kappa shape index (κ2) is 5.76. The lowest BCUT2D eigenvalue weighted by atomic mass is 10.0. The first-order valence-electron chi connectivity index (χ1n) is 5.90. The number of furan rings is 1. The Morgan fingerprint density at radius 1 is 1.50 bits per heavy atom. The largest absolute Gasteiger partial charge is 0.466 e. The smallest absolute Gasteiger partial charge is 0.252 e. The van der Waals surface area contributed by atoms with Gasteiger partial charge in [0.15, 0.2) is 0 Å². The Morgan fingerprint density at radius 2 is 2.25 bits per heavy atom. The number of nitrogens with one attached hydrogen (secondary N) is 1. The molecule has 0 aliphatic carbocycles. The third kappa shape index (κ3) is 3.26. The zero-order chi connectivity index (χ0) is 14.8. The van der Waals surface area contributed by atoms with E-state index in [9.17, 15) is 14.3 Å². The summed E-state index contributed by atoms with van der Waals surface area (Å²) in [5, 5.41) is 12.8. The second-order valence-electron chi connectivity index (χ2n) is 4.56. The molecule has 0 radical (unpaired) electrons. The minimum absolute atomic E-state index is 0.0246. The van der Waals surface area contributed by atoms with E-state index < -0.39 is 17.3 Å². The highest BCUT2D eigenvalue weighted by molar-refractivity contribution is 9.10. The van der Waals surface area contributed by atoms with E-state index in [1.165, 1.54) is 31.4 Å². The molecular weight excluding hydrogens is 329 g/mol. The zero-order valence-corrected chi connectivity index (χ0v) is 12.3. The lowest BCUT2D eigenvalue weighted by Crippen LogP contribution is -2.38. The van der Waals surface area contributed by atoms with E-state index in [2.05, 4.69) is 21.2 Å². The summed E-state index contributed by atoms with van der Waals surface area (Å²) in [5.74, 6) is -0.490. The first-order chi connectivity index (χ1) is 9.40. The average molecular weight is 342 g/mol. The van der Waals surface area contributed by atoms with E-state index in [4.69, 9.17) is 4.42 Å². The van der Waals surface area contributed by atoms with Crippen LogP contribution in [0.2, 0.25) is 0 Å². The lowest BCUT2D eigenvalue weighted by molar-refractivity contribution is 0.0330. The van der Waals surface area contributed by atoms with Crippen molar-refractivity contribution in [2.45, 2.75) is 12.5 Å². The highest BCUT2D eigenvalue weighted by Crippen LogP contribution is 2.21. The molecule has 0 fully saturated rings. The number of rotatable bonds is 4. The number of halogens is 2. The molecule has 1 unspecified atom stereocenters. The van der Waals surface area contributed by atoms with Crippen LogP contribution in [0.3, 0.4) is 0 Å². The van der Waals surface area contributed by atoms with Gasteiger partial charge in [-0.3, -0.25) is 4.79 Å². The quantitative estimate of drug-likeness (QED) is 0.898. The molecule has 1 aromatic heterocycles. The van der Waals surface area contributed by atoms with Gasteiger partial charge in [0.1, 0.15) is 17.2 Å². The molecule has 6 heteroatoms. The maximum absolute atomic E-state index is 13.0. The summed E-state index contributed by atoms with van der Waals surface area (Å²) in [6.07, 6.45) is 1.45. The van der Waals surface area contributed by atoms with Crippen LogP contribution in [0.1, 0.15) is 23.0 Å². The monoisotopic (exact) mass is 341 g/mol. The van der Waals surface area contributed by atoms with Gasteiger partial charge in [0.05, 0.1) is 18.4 Å². The molecule has 0 aliphatic heterocycles. The molecule has 106 valence electrons.